The van der Waals surface area contributed by atoms with Gasteiger partial charge in [0.1, 0.15) is 0 Å². The molecule has 1 aromatic heterocycles. The molecule has 14 heavy (non-hydrogen) atoms. The van der Waals surface area contributed by atoms with E-state index in [0.29, 0.717) is 0 Å². The summed E-state index contributed by atoms with van der Waals surface area (Å²) in [4.78, 5) is 4.44. The third-order valence-corrected chi connectivity index (χ3v) is 2.71. The summed E-state index contributed by atoms with van der Waals surface area (Å²) < 4.78 is 0. The molecule has 0 N–H and O–H groups in total. The molecule has 2 heteroatoms. The molecule has 0 saturated heterocycles. The second-order valence-corrected chi connectivity index (χ2v) is 4.18. The molecule has 0 radical (unpaired) electrons. The first kappa shape index (κ1) is 10.9. The van der Waals surface area contributed by atoms with E-state index in [4.69, 9.17) is 0 Å². The van der Waals surface area contributed by atoms with Crippen molar-refractivity contribution in [2.45, 2.75) is 21.3 Å². The van der Waals surface area contributed by atoms with Gasteiger partial charge in [0.2, 0.25) is 0 Å². The molecule has 0 aliphatic heterocycles. The zero-order chi connectivity index (χ0) is 9.26. The number of hydrogen-bond acceptors (Lipinski definition) is 2. The number of hydrogen-bond donors (Lipinski definition) is 0. The van der Waals surface area contributed by atoms with Gasteiger partial charge in [-0.05, 0) is 19.9 Å². The fourth-order valence-electron chi connectivity index (χ4n) is 1.30. The van der Waals surface area contributed by atoms with Crippen LogP contribution in [0.15, 0.2) is 29.6 Å². The van der Waals surface area contributed by atoms with Crippen molar-refractivity contribution >= 4 is 11.3 Å². The van der Waals surface area contributed by atoms with Crippen LogP contribution in [0, 0.1) is 13.8 Å². The molecule has 0 amide bonds. The first-order chi connectivity index (χ1) is 6.25. The Morgan fingerprint density at radius 1 is 1.21 bits per heavy atom. The molecule has 0 fully saturated rings. The summed E-state index contributed by atoms with van der Waals surface area (Å²) >= 11 is 1.69. The van der Waals surface area contributed by atoms with Crippen molar-refractivity contribution in [3.63, 3.8) is 0 Å². The van der Waals surface area contributed by atoms with Crippen LogP contribution in [0.3, 0.4) is 0 Å². The normalized spacial score (nSPS) is 9.57. The quantitative estimate of drug-likeness (QED) is 0.684. The first-order valence-electron chi connectivity index (χ1n) is 4.25. The van der Waals surface area contributed by atoms with Gasteiger partial charge in [0.15, 0.2) is 0 Å². The highest BCUT2D eigenvalue weighted by atomic mass is 32.1. The molecular weight excluding hydrogens is 190 g/mol. The van der Waals surface area contributed by atoms with Crippen LogP contribution in [0.25, 0.3) is 11.3 Å². The molecule has 1 heterocycles. The fraction of sp³-hybridized carbons (Fsp3) is 0.250. The van der Waals surface area contributed by atoms with Gasteiger partial charge in [0.05, 0.1) is 10.7 Å². The fourth-order valence-corrected chi connectivity index (χ4v) is 1.92. The van der Waals surface area contributed by atoms with E-state index in [1.54, 1.807) is 11.3 Å². The Morgan fingerprint density at radius 3 is 2.57 bits per heavy atom. The smallest absolute Gasteiger partial charge is 0.0901 e. The number of aromatic nitrogens is 1. The maximum Gasteiger partial charge on any atom is 0.0901 e. The Morgan fingerprint density at radius 2 is 2.00 bits per heavy atom. The summed E-state index contributed by atoms with van der Waals surface area (Å²) in [6.07, 6.45) is 0. The van der Waals surface area contributed by atoms with Crippen molar-refractivity contribution in [1.29, 1.82) is 0 Å². The van der Waals surface area contributed by atoms with E-state index in [9.17, 15) is 0 Å². The van der Waals surface area contributed by atoms with Gasteiger partial charge >= 0.3 is 0 Å². The summed E-state index contributed by atoms with van der Waals surface area (Å²) in [5, 5.41) is 3.22. The van der Waals surface area contributed by atoms with Crippen molar-refractivity contribution in [2.24, 2.45) is 0 Å². The van der Waals surface area contributed by atoms with Gasteiger partial charge in [-0.1, -0.05) is 31.2 Å². The molecule has 0 aliphatic rings. The minimum absolute atomic E-state index is 0. The largest absolute Gasteiger partial charge is 0.242 e. The van der Waals surface area contributed by atoms with Gasteiger partial charge in [-0.3, -0.25) is 0 Å². The van der Waals surface area contributed by atoms with Crippen LogP contribution in [0.2, 0.25) is 0 Å². The van der Waals surface area contributed by atoms with Gasteiger partial charge in [-0.2, -0.15) is 0 Å². The molecular formula is C12H15NS. The van der Waals surface area contributed by atoms with Crippen molar-refractivity contribution in [3.05, 3.63) is 40.2 Å². The molecule has 1 aromatic carbocycles. The topological polar surface area (TPSA) is 12.9 Å². The Kier molecular flexibility index (Phi) is 3.42. The monoisotopic (exact) mass is 205 g/mol. The van der Waals surface area contributed by atoms with Crippen LogP contribution in [0.1, 0.15) is 18.0 Å². The summed E-state index contributed by atoms with van der Waals surface area (Å²) in [5.41, 5.74) is 3.58. The van der Waals surface area contributed by atoms with Gasteiger partial charge in [-0.15, -0.1) is 11.3 Å². The minimum atomic E-state index is 0. The Bertz CT molecular complexity index is 418. The molecule has 74 valence electrons. The number of nitrogens with zero attached hydrogens (tertiary/aromatic N) is 1. The molecule has 1 nitrogen and oxygen atoms in total. The predicted molar refractivity (Wildman–Crippen MR) is 63.8 cm³/mol. The third kappa shape index (κ3) is 2.20. The van der Waals surface area contributed by atoms with E-state index in [0.717, 1.165) is 10.7 Å². The average molecular weight is 205 g/mol. The molecule has 2 rings (SSSR count). The third-order valence-electron chi connectivity index (χ3n) is 1.93. The second-order valence-electron chi connectivity index (χ2n) is 3.12. The number of benzene rings is 1. The second kappa shape index (κ2) is 4.38. The summed E-state index contributed by atoms with van der Waals surface area (Å²) in [5.74, 6) is 0. The molecule has 0 aliphatic carbocycles. The SMILES string of the molecule is C.Cc1cccc(-c2csc(C)n2)c1. The van der Waals surface area contributed by atoms with E-state index in [-0.39, 0.29) is 7.43 Å². The molecule has 0 bridgehead atoms. The molecule has 2 aromatic rings. The lowest BCUT2D eigenvalue weighted by atomic mass is 10.1. The van der Waals surface area contributed by atoms with Crippen LogP contribution < -0.4 is 0 Å². The molecule has 0 spiro atoms. The maximum absolute atomic E-state index is 4.44. The minimum Gasteiger partial charge on any atom is -0.242 e. The highest BCUT2D eigenvalue weighted by Crippen LogP contribution is 2.21. The lowest BCUT2D eigenvalue weighted by Gasteiger charge is -1.97. The van der Waals surface area contributed by atoms with E-state index < -0.39 is 0 Å². The van der Waals surface area contributed by atoms with E-state index in [1.807, 2.05) is 6.92 Å². The zero-order valence-electron chi connectivity index (χ0n) is 7.74. The van der Waals surface area contributed by atoms with Crippen LogP contribution in [-0.2, 0) is 0 Å². The Hall–Kier alpha value is -1.15. The summed E-state index contributed by atoms with van der Waals surface area (Å²) in [6, 6.07) is 8.43. The standard InChI is InChI=1S/C11H11NS.CH4/c1-8-4-3-5-10(6-8)11-7-13-9(2)12-11;/h3-7H,1-2H3;1H4. The first-order valence-corrected chi connectivity index (χ1v) is 5.13. The molecule has 0 saturated carbocycles. The van der Waals surface area contributed by atoms with Gasteiger partial charge < -0.3 is 0 Å². The lowest BCUT2D eigenvalue weighted by molar-refractivity contribution is 1.29. The number of rotatable bonds is 1. The Balaban J connectivity index is 0.000000980. The zero-order valence-corrected chi connectivity index (χ0v) is 8.56. The van der Waals surface area contributed by atoms with Crippen LogP contribution in [0.5, 0.6) is 0 Å². The van der Waals surface area contributed by atoms with Crippen molar-refractivity contribution in [1.82, 2.24) is 4.98 Å². The van der Waals surface area contributed by atoms with E-state index in [1.165, 1.54) is 11.1 Å². The number of thiazole rings is 1. The predicted octanol–water partition coefficient (Wildman–Crippen LogP) is 4.06. The highest BCUT2D eigenvalue weighted by molar-refractivity contribution is 7.09. The Labute approximate surface area is 89.4 Å². The number of aryl methyl sites for hydroxylation is 2. The van der Waals surface area contributed by atoms with Crippen molar-refractivity contribution in [2.75, 3.05) is 0 Å². The van der Waals surface area contributed by atoms with Crippen molar-refractivity contribution < 1.29 is 0 Å². The van der Waals surface area contributed by atoms with E-state index >= 15 is 0 Å². The average Bonchev–Trinajstić information content (AvgIpc) is 2.52. The summed E-state index contributed by atoms with van der Waals surface area (Å²) in [6.45, 7) is 4.13. The summed E-state index contributed by atoms with van der Waals surface area (Å²) in [7, 11) is 0. The van der Waals surface area contributed by atoms with Crippen LogP contribution in [0.4, 0.5) is 0 Å². The molecule has 0 unspecified atom stereocenters. The van der Waals surface area contributed by atoms with Gasteiger partial charge in [0, 0.05) is 10.9 Å². The lowest BCUT2D eigenvalue weighted by Crippen LogP contribution is -1.79. The maximum atomic E-state index is 4.44. The van der Waals surface area contributed by atoms with Gasteiger partial charge in [0.25, 0.3) is 0 Å². The van der Waals surface area contributed by atoms with Crippen molar-refractivity contribution in [3.8, 4) is 11.3 Å². The highest BCUT2D eigenvalue weighted by Gasteiger charge is 2.00. The molecule has 0 atom stereocenters. The van der Waals surface area contributed by atoms with E-state index in [2.05, 4.69) is 41.6 Å². The van der Waals surface area contributed by atoms with Crippen LogP contribution in [-0.4, -0.2) is 4.98 Å². The van der Waals surface area contributed by atoms with Gasteiger partial charge in [-0.25, -0.2) is 4.98 Å². The van der Waals surface area contributed by atoms with Crippen LogP contribution >= 0.6 is 11.3 Å².